The van der Waals surface area contributed by atoms with E-state index in [1.165, 1.54) is 42.5 Å². The molecule has 0 unspecified atom stereocenters. The molecule has 31 heavy (non-hydrogen) atoms. The number of sulfonamides is 1. The van der Waals surface area contributed by atoms with Crippen molar-refractivity contribution in [3.8, 4) is 5.75 Å². The number of rotatable bonds is 11. The van der Waals surface area contributed by atoms with Gasteiger partial charge in [0, 0.05) is 12.1 Å². The van der Waals surface area contributed by atoms with Crippen LogP contribution in [-0.2, 0) is 19.6 Å². The van der Waals surface area contributed by atoms with E-state index >= 15 is 0 Å². The molecule has 2 aromatic rings. The Morgan fingerprint density at radius 1 is 1.00 bits per heavy atom. The number of benzene rings is 2. The normalized spacial score (nSPS) is 10.9. The molecule has 0 spiro atoms. The van der Waals surface area contributed by atoms with Crippen LogP contribution in [0.4, 0.5) is 11.4 Å². The van der Waals surface area contributed by atoms with E-state index in [1.807, 2.05) is 6.92 Å². The van der Waals surface area contributed by atoms with Crippen LogP contribution in [0.25, 0.3) is 0 Å². The average Bonchev–Trinajstić information content (AvgIpc) is 2.75. The van der Waals surface area contributed by atoms with Gasteiger partial charge in [-0.2, -0.15) is 0 Å². The minimum Gasteiger partial charge on any atom is -0.492 e. The number of esters is 1. The van der Waals surface area contributed by atoms with Gasteiger partial charge in [-0.3, -0.25) is 9.52 Å². The summed E-state index contributed by atoms with van der Waals surface area (Å²) in [5, 5.41) is 2.65. The van der Waals surface area contributed by atoms with E-state index in [0.717, 1.165) is 12.8 Å². The van der Waals surface area contributed by atoms with Crippen LogP contribution in [0.15, 0.2) is 47.4 Å². The summed E-state index contributed by atoms with van der Waals surface area (Å²) in [7, 11) is -3.93. The lowest BCUT2D eigenvalue weighted by molar-refractivity contribution is -0.115. The average molecular weight is 449 g/mol. The Bertz CT molecular complexity index is 1000. The molecule has 0 saturated heterocycles. The summed E-state index contributed by atoms with van der Waals surface area (Å²) in [6, 6.07) is 10.2. The molecule has 0 aliphatic carbocycles. The minimum absolute atomic E-state index is 0.0367. The van der Waals surface area contributed by atoms with Crippen molar-refractivity contribution >= 4 is 33.3 Å². The van der Waals surface area contributed by atoms with E-state index in [1.54, 1.807) is 13.8 Å². The largest absolute Gasteiger partial charge is 0.492 e. The van der Waals surface area contributed by atoms with Gasteiger partial charge in [-0.25, -0.2) is 13.2 Å². The highest BCUT2D eigenvalue weighted by Crippen LogP contribution is 2.29. The van der Waals surface area contributed by atoms with Gasteiger partial charge in [0.1, 0.15) is 5.75 Å². The van der Waals surface area contributed by atoms with Crippen LogP contribution in [0.2, 0.25) is 0 Å². The molecule has 0 fully saturated rings. The lowest BCUT2D eigenvalue weighted by atomic mass is 10.2. The van der Waals surface area contributed by atoms with Crippen molar-refractivity contribution in [1.82, 2.24) is 0 Å². The highest BCUT2D eigenvalue weighted by atomic mass is 32.2. The molecule has 0 radical (unpaired) electrons. The van der Waals surface area contributed by atoms with Crippen molar-refractivity contribution in [3.63, 3.8) is 0 Å². The van der Waals surface area contributed by atoms with Gasteiger partial charge in [0.2, 0.25) is 5.91 Å². The van der Waals surface area contributed by atoms with Crippen molar-refractivity contribution in [2.45, 2.75) is 44.9 Å². The van der Waals surface area contributed by atoms with Gasteiger partial charge in [-0.1, -0.05) is 20.3 Å². The molecule has 0 aromatic heterocycles. The fourth-order valence-electron chi connectivity index (χ4n) is 2.57. The van der Waals surface area contributed by atoms with E-state index in [-0.39, 0.29) is 28.6 Å². The first-order valence-electron chi connectivity index (χ1n) is 10.2. The number of carbonyl (C=O) groups excluding carboxylic acids is 2. The van der Waals surface area contributed by atoms with Crippen LogP contribution in [0.1, 0.15) is 50.4 Å². The third-order valence-electron chi connectivity index (χ3n) is 4.26. The Morgan fingerprint density at radius 2 is 1.71 bits per heavy atom. The Kier molecular flexibility index (Phi) is 8.87. The number of unbranched alkanes of at least 4 members (excludes halogenated alkanes) is 1. The summed E-state index contributed by atoms with van der Waals surface area (Å²) in [4.78, 5) is 23.7. The smallest absolute Gasteiger partial charge is 0.338 e. The number of hydrogen-bond acceptors (Lipinski definition) is 6. The second-order valence-electron chi connectivity index (χ2n) is 6.67. The van der Waals surface area contributed by atoms with Crippen LogP contribution in [-0.4, -0.2) is 33.5 Å². The van der Waals surface area contributed by atoms with E-state index in [9.17, 15) is 18.0 Å². The molecule has 1 amide bonds. The number of nitrogens with one attached hydrogen (secondary N) is 2. The lowest BCUT2D eigenvalue weighted by Crippen LogP contribution is -2.15. The molecule has 0 saturated carbocycles. The molecule has 2 aromatic carbocycles. The van der Waals surface area contributed by atoms with Crippen LogP contribution in [0, 0.1) is 0 Å². The standard InChI is InChI=1S/C22H28N2O6S/c1-4-7-14-30-22(26)16-8-10-17(11-9-16)24-31(27,28)18-12-13-20(29-6-3)19(15-18)23-21(25)5-2/h8-13,15,24H,4-7,14H2,1-3H3,(H,23,25). The number of ether oxygens (including phenoxy) is 2. The number of anilines is 2. The third kappa shape index (κ3) is 6.99. The van der Waals surface area contributed by atoms with Crippen LogP contribution < -0.4 is 14.8 Å². The lowest BCUT2D eigenvalue weighted by Gasteiger charge is -2.14. The summed E-state index contributed by atoms with van der Waals surface area (Å²) in [6.07, 6.45) is 1.95. The maximum atomic E-state index is 12.8. The maximum Gasteiger partial charge on any atom is 0.338 e. The molecule has 0 atom stereocenters. The maximum absolute atomic E-state index is 12.8. The molecule has 9 heteroatoms. The quantitative estimate of drug-likeness (QED) is 0.394. The molecule has 8 nitrogen and oxygen atoms in total. The number of amides is 1. The van der Waals surface area contributed by atoms with E-state index in [4.69, 9.17) is 9.47 Å². The van der Waals surface area contributed by atoms with Gasteiger partial charge < -0.3 is 14.8 Å². The minimum atomic E-state index is -3.93. The fourth-order valence-corrected chi connectivity index (χ4v) is 3.66. The molecular weight excluding hydrogens is 420 g/mol. The zero-order chi connectivity index (χ0) is 22.9. The molecule has 0 aliphatic rings. The first kappa shape index (κ1) is 24.2. The molecule has 0 bridgehead atoms. The molecular formula is C22H28N2O6S. The second-order valence-corrected chi connectivity index (χ2v) is 8.35. The van der Waals surface area contributed by atoms with Crippen molar-refractivity contribution in [1.29, 1.82) is 0 Å². The summed E-state index contributed by atoms with van der Waals surface area (Å²) >= 11 is 0. The highest BCUT2D eigenvalue weighted by molar-refractivity contribution is 7.92. The van der Waals surface area contributed by atoms with Crippen molar-refractivity contribution < 1.29 is 27.5 Å². The number of carbonyl (C=O) groups is 2. The molecule has 168 valence electrons. The van der Waals surface area contributed by atoms with Gasteiger partial charge in [-0.15, -0.1) is 0 Å². The van der Waals surface area contributed by atoms with Gasteiger partial charge in [0.25, 0.3) is 10.0 Å². The van der Waals surface area contributed by atoms with Crippen molar-refractivity contribution in [2.24, 2.45) is 0 Å². The van der Waals surface area contributed by atoms with E-state index < -0.39 is 16.0 Å². The molecule has 2 N–H and O–H groups in total. The topological polar surface area (TPSA) is 111 Å². The summed E-state index contributed by atoms with van der Waals surface area (Å²) in [5.74, 6) is -0.329. The predicted molar refractivity (Wildman–Crippen MR) is 119 cm³/mol. The fraction of sp³-hybridized carbons (Fsp3) is 0.364. The second kappa shape index (κ2) is 11.4. The van der Waals surface area contributed by atoms with E-state index in [0.29, 0.717) is 24.5 Å². The first-order chi connectivity index (χ1) is 14.8. The van der Waals surface area contributed by atoms with Crippen LogP contribution in [0.5, 0.6) is 5.75 Å². The molecule has 2 rings (SSSR count). The zero-order valence-corrected chi connectivity index (χ0v) is 18.8. The van der Waals surface area contributed by atoms with Gasteiger partial charge in [-0.05, 0) is 55.8 Å². The third-order valence-corrected chi connectivity index (χ3v) is 5.64. The Balaban J connectivity index is 2.18. The number of hydrogen-bond donors (Lipinski definition) is 2. The summed E-state index contributed by atoms with van der Waals surface area (Å²) in [6.45, 7) is 6.20. The highest BCUT2D eigenvalue weighted by Gasteiger charge is 2.18. The van der Waals surface area contributed by atoms with Crippen LogP contribution >= 0.6 is 0 Å². The molecule has 0 heterocycles. The van der Waals surface area contributed by atoms with Gasteiger partial charge in [0.05, 0.1) is 29.4 Å². The Hall–Kier alpha value is -3.07. The van der Waals surface area contributed by atoms with Gasteiger partial charge >= 0.3 is 5.97 Å². The van der Waals surface area contributed by atoms with Crippen LogP contribution in [0.3, 0.4) is 0 Å². The molecule has 0 aliphatic heterocycles. The van der Waals surface area contributed by atoms with Gasteiger partial charge in [0.15, 0.2) is 0 Å². The predicted octanol–water partition coefficient (Wildman–Crippen LogP) is 4.19. The van der Waals surface area contributed by atoms with Crippen molar-refractivity contribution in [2.75, 3.05) is 23.3 Å². The first-order valence-corrected chi connectivity index (χ1v) is 11.7. The van der Waals surface area contributed by atoms with E-state index in [2.05, 4.69) is 10.0 Å². The zero-order valence-electron chi connectivity index (χ0n) is 17.9. The summed E-state index contributed by atoms with van der Waals surface area (Å²) in [5.41, 5.74) is 0.907. The SMILES string of the molecule is CCCCOC(=O)c1ccc(NS(=O)(=O)c2ccc(OCC)c(NC(=O)CC)c2)cc1. The Labute approximate surface area is 183 Å². The monoisotopic (exact) mass is 448 g/mol. The summed E-state index contributed by atoms with van der Waals surface area (Å²) < 4.78 is 38.7. The van der Waals surface area contributed by atoms with Crippen molar-refractivity contribution in [3.05, 3.63) is 48.0 Å². The Morgan fingerprint density at radius 3 is 2.32 bits per heavy atom.